The number of nitrogens with two attached hydrogens (primary N) is 1. The molecule has 0 fully saturated rings. The highest BCUT2D eigenvalue weighted by Crippen LogP contribution is 2.25. The average Bonchev–Trinajstić information content (AvgIpc) is 2.81. The molecule has 2 rings (SSSR count). The zero-order valence-electron chi connectivity index (χ0n) is 10.2. The molecule has 90 valence electrons. The Hall–Kier alpha value is -1.58. The maximum absolute atomic E-state index is 5.67. The van der Waals surface area contributed by atoms with E-state index in [1.54, 1.807) is 6.26 Å². The van der Waals surface area contributed by atoms with Crippen LogP contribution in [0.2, 0.25) is 0 Å². The molecule has 0 aliphatic heterocycles. The number of hydrogen-bond donors (Lipinski definition) is 2. The predicted octanol–water partition coefficient (Wildman–Crippen LogP) is 2.70. The van der Waals surface area contributed by atoms with Crippen molar-refractivity contribution in [3.8, 4) is 0 Å². The van der Waals surface area contributed by atoms with Crippen molar-refractivity contribution in [1.82, 2.24) is 5.43 Å². The minimum absolute atomic E-state index is 0.00991. The van der Waals surface area contributed by atoms with Gasteiger partial charge in [0.05, 0.1) is 12.3 Å². The highest BCUT2D eigenvalue weighted by molar-refractivity contribution is 5.34. The molecule has 17 heavy (non-hydrogen) atoms. The van der Waals surface area contributed by atoms with Gasteiger partial charge in [0, 0.05) is 12.0 Å². The van der Waals surface area contributed by atoms with Crippen molar-refractivity contribution in [3.63, 3.8) is 0 Å². The minimum atomic E-state index is -0.00991. The third kappa shape index (κ3) is 2.40. The van der Waals surface area contributed by atoms with E-state index in [-0.39, 0.29) is 6.04 Å². The fraction of sp³-hybridized carbons (Fsp3) is 0.286. The van der Waals surface area contributed by atoms with E-state index in [0.717, 1.165) is 23.3 Å². The summed E-state index contributed by atoms with van der Waals surface area (Å²) in [4.78, 5) is 0. The SMILES string of the molecule is CCc1occc1C(NN)c1ccc(C)cc1. The number of rotatable bonds is 4. The molecule has 3 N–H and O–H groups in total. The molecular weight excluding hydrogens is 212 g/mol. The van der Waals surface area contributed by atoms with Gasteiger partial charge in [-0.2, -0.15) is 0 Å². The smallest absolute Gasteiger partial charge is 0.108 e. The summed E-state index contributed by atoms with van der Waals surface area (Å²) < 4.78 is 5.45. The predicted molar refractivity (Wildman–Crippen MR) is 68.4 cm³/mol. The summed E-state index contributed by atoms with van der Waals surface area (Å²) in [5.41, 5.74) is 6.36. The van der Waals surface area contributed by atoms with E-state index in [1.807, 2.05) is 6.07 Å². The molecule has 1 aromatic carbocycles. The van der Waals surface area contributed by atoms with E-state index >= 15 is 0 Å². The lowest BCUT2D eigenvalue weighted by molar-refractivity contribution is 0.502. The standard InChI is InChI=1S/C14H18N2O/c1-3-13-12(8-9-17-13)14(16-15)11-6-4-10(2)5-7-11/h4-9,14,16H,3,15H2,1-2H3. The number of aryl methyl sites for hydroxylation is 2. The second-order valence-corrected chi connectivity index (χ2v) is 4.16. The molecule has 1 unspecified atom stereocenters. The Bertz CT molecular complexity index is 473. The minimum Gasteiger partial charge on any atom is -0.469 e. The number of hydrazine groups is 1. The molecule has 0 bridgehead atoms. The lowest BCUT2D eigenvalue weighted by Crippen LogP contribution is -2.29. The van der Waals surface area contributed by atoms with Crippen LogP contribution in [0, 0.1) is 6.92 Å². The van der Waals surface area contributed by atoms with Crippen molar-refractivity contribution in [1.29, 1.82) is 0 Å². The molecule has 2 aromatic rings. The largest absolute Gasteiger partial charge is 0.469 e. The van der Waals surface area contributed by atoms with Crippen LogP contribution in [0.3, 0.4) is 0 Å². The topological polar surface area (TPSA) is 51.2 Å². The Labute approximate surface area is 102 Å². The fourth-order valence-electron chi connectivity index (χ4n) is 2.02. The van der Waals surface area contributed by atoms with E-state index in [0.29, 0.717) is 0 Å². The normalized spacial score (nSPS) is 12.6. The number of benzene rings is 1. The maximum atomic E-state index is 5.67. The molecule has 0 aliphatic rings. The Morgan fingerprint density at radius 2 is 1.94 bits per heavy atom. The Morgan fingerprint density at radius 3 is 2.53 bits per heavy atom. The highest BCUT2D eigenvalue weighted by Gasteiger charge is 2.17. The van der Waals surface area contributed by atoms with Gasteiger partial charge in [-0.25, -0.2) is 5.43 Å². The van der Waals surface area contributed by atoms with Crippen LogP contribution in [0.4, 0.5) is 0 Å². The van der Waals surface area contributed by atoms with Crippen molar-refractivity contribution in [2.75, 3.05) is 0 Å². The lowest BCUT2D eigenvalue weighted by Gasteiger charge is -2.16. The third-order valence-electron chi connectivity index (χ3n) is 2.99. The van der Waals surface area contributed by atoms with E-state index < -0.39 is 0 Å². The number of hydrogen-bond acceptors (Lipinski definition) is 3. The van der Waals surface area contributed by atoms with Gasteiger partial charge in [0.2, 0.25) is 0 Å². The van der Waals surface area contributed by atoms with Crippen LogP contribution in [0.1, 0.15) is 35.4 Å². The molecule has 0 radical (unpaired) electrons. The first-order chi connectivity index (χ1) is 8.26. The summed E-state index contributed by atoms with van der Waals surface area (Å²) in [6.45, 7) is 4.15. The van der Waals surface area contributed by atoms with Gasteiger partial charge in [0.1, 0.15) is 5.76 Å². The average molecular weight is 230 g/mol. The van der Waals surface area contributed by atoms with Crippen LogP contribution in [0.25, 0.3) is 0 Å². The molecule has 0 spiro atoms. The second-order valence-electron chi connectivity index (χ2n) is 4.16. The summed E-state index contributed by atoms with van der Waals surface area (Å²) in [5, 5.41) is 0. The van der Waals surface area contributed by atoms with Crippen LogP contribution in [-0.2, 0) is 6.42 Å². The van der Waals surface area contributed by atoms with Crippen molar-refractivity contribution in [3.05, 3.63) is 59.0 Å². The lowest BCUT2D eigenvalue weighted by atomic mass is 9.98. The van der Waals surface area contributed by atoms with Gasteiger partial charge in [0.15, 0.2) is 0 Å². The first-order valence-electron chi connectivity index (χ1n) is 5.85. The Kier molecular flexibility index (Phi) is 3.61. The maximum Gasteiger partial charge on any atom is 0.108 e. The summed E-state index contributed by atoms with van der Waals surface area (Å²) in [6.07, 6.45) is 2.58. The summed E-state index contributed by atoms with van der Waals surface area (Å²) >= 11 is 0. The fourth-order valence-corrected chi connectivity index (χ4v) is 2.02. The second kappa shape index (κ2) is 5.17. The first kappa shape index (κ1) is 11.9. The molecule has 1 heterocycles. The molecule has 0 amide bonds. The van der Waals surface area contributed by atoms with E-state index in [4.69, 9.17) is 10.3 Å². The summed E-state index contributed by atoms with van der Waals surface area (Å²) in [5.74, 6) is 6.65. The van der Waals surface area contributed by atoms with Crippen LogP contribution < -0.4 is 11.3 Å². The molecule has 0 saturated carbocycles. The molecule has 3 nitrogen and oxygen atoms in total. The van der Waals surface area contributed by atoms with Crippen LogP contribution >= 0.6 is 0 Å². The van der Waals surface area contributed by atoms with Crippen molar-refractivity contribution < 1.29 is 4.42 Å². The van der Waals surface area contributed by atoms with Gasteiger partial charge in [0.25, 0.3) is 0 Å². The van der Waals surface area contributed by atoms with Crippen LogP contribution in [0.5, 0.6) is 0 Å². The number of nitrogens with one attached hydrogen (secondary N) is 1. The molecular formula is C14H18N2O. The van der Waals surface area contributed by atoms with Gasteiger partial charge in [-0.1, -0.05) is 36.8 Å². The molecule has 3 heteroatoms. The Balaban J connectivity index is 2.36. The van der Waals surface area contributed by atoms with Gasteiger partial charge in [-0.15, -0.1) is 0 Å². The molecule has 1 atom stereocenters. The van der Waals surface area contributed by atoms with Gasteiger partial charge < -0.3 is 4.42 Å². The van der Waals surface area contributed by atoms with Crippen LogP contribution in [-0.4, -0.2) is 0 Å². The summed E-state index contributed by atoms with van der Waals surface area (Å²) in [7, 11) is 0. The van der Waals surface area contributed by atoms with Crippen LogP contribution in [0.15, 0.2) is 41.0 Å². The van der Waals surface area contributed by atoms with E-state index in [9.17, 15) is 0 Å². The summed E-state index contributed by atoms with van der Waals surface area (Å²) in [6, 6.07) is 10.3. The number of furan rings is 1. The van der Waals surface area contributed by atoms with Crippen molar-refractivity contribution >= 4 is 0 Å². The zero-order valence-corrected chi connectivity index (χ0v) is 10.2. The highest BCUT2D eigenvalue weighted by atomic mass is 16.3. The van der Waals surface area contributed by atoms with Crippen molar-refractivity contribution in [2.45, 2.75) is 26.3 Å². The molecule has 0 saturated heterocycles. The molecule has 0 aliphatic carbocycles. The van der Waals surface area contributed by atoms with E-state index in [2.05, 4.69) is 43.5 Å². The monoisotopic (exact) mass is 230 g/mol. The van der Waals surface area contributed by atoms with Gasteiger partial charge >= 0.3 is 0 Å². The van der Waals surface area contributed by atoms with Crippen molar-refractivity contribution in [2.24, 2.45) is 5.84 Å². The van der Waals surface area contributed by atoms with Gasteiger partial charge in [-0.3, -0.25) is 5.84 Å². The first-order valence-corrected chi connectivity index (χ1v) is 5.85. The van der Waals surface area contributed by atoms with Gasteiger partial charge in [-0.05, 0) is 18.6 Å². The Morgan fingerprint density at radius 1 is 1.24 bits per heavy atom. The molecule has 1 aromatic heterocycles. The van der Waals surface area contributed by atoms with E-state index in [1.165, 1.54) is 5.56 Å². The quantitative estimate of drug-likeness (QED) is 0.627. The zero-order chi connectivity index (χ0) is 12.3. The third-order valence-corrected chi connectivity index (χ3v) is 2.99.